The molecule has 1 fully saturated rings. The van der Waals surface area contributed by atoms with Gasteiger partial charge >= 0.3 is 6.18 Å². The molecule has 3 aromatic rings. The lowest BCUT2D eigenvalue weighted by atomic mass is 10.1. The van der Waals surface area contributed by atoms with Crippen molar-refractivity contribution in [1.82, 2.24) is 5.32 Å². The van der Waals surface area contributed by atoms with E-state index in [2.05, 4.69) is 10.2 Å². The maximum Gasteiger partial charge on any atom is 0.416 e. The van der Waals surface area contributed by atoms with Crippen LogP contribution in [0.1, 0.15) is 34.8 Å². The van der Waals surface area contributed by atoms with E-state index in [-0.39, 0.29) is 29.1 Å². The number of carbonyl (C=O) groups excluding carboxylic acids is 1. The number of anilines is 2. The van der Waals surface area contributed by atoms with Crippen LogP contribution in [0.3, 0.4) is 0 Å². The summed E-state index contributed by atoms with van der Waals surface area (Å²) in [6.45, 7) is 3.38. The van der Waals surface area contributed by atoms with E-state index in [1.807, 2.05) is 24.1 Å². The van der Waals surface area contributed by atoms with Gasteiger partial charge in [-0.05, 0) is 72.6 Å². The minimum absolute atomic E-state index is 0.0347. The van der Waals surface area contributed by atoms with Gasteiger partial charge in [0.25, 0.3) is 5.91 Å². The van der Waals surface area contributed by atoms with Crippen LogP contribution >= 0.6 is 0 Å². The van der Waals surface area contributed by atoms with Crippen LogP contribution in [0.25, 0.3) is 0 Å². The number of alkyl halides is 3. The molecule has 1 atom stereocenters. The monoisotopic (exact) mass is 545 g/mol. The summed E-state index contributed by atoms with van der Waals surface area (Å²) in [7, 11) is -1.37. The van der Waals surface area contributed by atoms with Crippen LogP contribution in [-0.4, -0.2) is 46.3 Å². The summed E-state index contributed by atoms with van der Waals surface area (Å²) in [4.78, 5) is 17.1. The highest BCUT2D eigenvalue weighted by molar-refractivity contribution is 7.91. The Morgan fingerprint density at radius 3 is 2.21 bits per heavy atom. The number of likely N-dealkylation sites (N-methyl/N-ethyl adjacent to an activating group) is 1. The molecule has 0 bridgehead atoms. The van der Waals surface area contributed by atoms with Crippen molar-refractivity contribution >= 4 is 27.1 Å². The number of amides is 1. The fourth-order valence-corrected chi connectivity index (χ4v) is 5.36. The van der Waals surface area contributed by atoms with Crippen LogP contribution in [0.15, 0.2) is 77.7 Å². The van der Waals surface area contributed by atoms with Crippen LogP contribution in [0.4, 0.5) is 24.5 Å². The molecule has 1 unspecified atom stereocenters. The zero-order valence-electron chi connectivity index (χ0n) is 21.2. The molecule has 1 saturated heterocycles. The van der Waals surface area contributed by atoms with Crippen molar-refractivity contribution in [1.29, 1.82) is 0 Å². The first-order valence-corrected chi connectivity index (χ1v) is 14.0. The third-order valence-corrected chi connectivity index (χ3v) is 8.67. The van der Waals surface area contributed by atoms with Gasteiger partial charge in [0.05, 0.1) is 16.2 Å². The summed E-state index contributed by atoms with van der Waals surface area (Å²) >= 11 is 0. The van der Waals surface area contributed by atoms with Crippen molar-refractivity contribution in [3.05, 3.63) is 89.5 Å². The molecule has 0 aliphatic carbocycles. The number of rotatable bonds is 8. The minimum atomic E-state index is -4.35. The Hall–Kier alpha value is -3.53. The highest BCUT2D eigenvalue weighted by Gasteiger charge is 2.31. The first-order valence-electron chi connectivity index (χ1n) is 12.3. The van der Waals surface area contributed by atoms with Crippen molar-refractivity contribution in [3.63, 3.8) is 0 Å². The summed E-state index contributed by atoms with van der Waals surface area (Å²) in [6, 6.07) is 19.1. The van der Waals surface area contributed by atoms with Gasteiger partial charge in [0, 0.05) is 49.7 Å². The van der Waals surface area contributed by atoms with Gasteiger partial charge in [0.15, 0.2) is 9.84 Å². The average Bonchev–Trinajstić information content (AvgIpc) is 3.41. The second-order valence-corrected chi connectivity index (χ2v) is 11.6. The second-order valence-electron chi connectivity index (χ2n) is 9.32. The standard InChI is InChI=1S/C28H30F3N3O3S/c1-3-38(36,37)26-14-4-20(5-15-26)18-32-27(35)21-6-10-24(11-7-21)34-17-16-25(19-34)33(2)23-12-8-22(9-13-23)28(29,30)31/h4-15,25H,3,16-19H2,1-2H3,(H,32,35). The van der Waals surface area contributed by atoms with Gasteiger partial charge < -0.3 is 15.1 Å². The molecule has 0 spiro atoms. The highest BCUT2D eigenvalue weighted by atomic mass is 32.2. The maximum absolute atomic E-state index is 12.9. The van der Waals surface area contributed by atoms with Crippen LogP contribution in [0.2, 0.25) is 0 Å². The fourth-order valence-electron chi connectivity index (χ4n) is 4.48. The maximum atomic E-state index is 12.9. The van der Waals surface area contributed by atoms with E-state index in [4.69, 9.17) is 0 Å². The molecule has 1 amide bonds. The van der Waals surface area contributed by atoms with Gasteiger partial charge in [-0.1, -0.05) is 19.1 Å². The lowest BCUT2D eigenvalue weighted by Gasteiger charge is -2.27. The van der Waals surface area contributed by atoms with Gasteiger partial charge in [-0.15, -0.1) is 0 Å². The smallest absolute Gasteiger partial charge is 0.370 e. The van der Waals surface area contributed by atoms with Gasteiger partial charge in [0.1, 0.15) is 0 Å². The molecule has 0 saturated carbocycles. The number of nitrogens with zero attached hydrogens (tertiary/aromatic N) is 2. The molecule has 38 heavy (non-hydrogen) atoms. The van der Waals surface area contributed by atoms with E-state index in [9.17, 15) is 26.4 Å². The zero-order chi connectivity index (χ0) is 27.5. The number of hydrogen-bond acceptors (Lipinski definition) is 5. The van der Waals surface area contributed by atoms with Gasteiger partial charge in [-0.2, -0.15) is 13.2 Å². The van der Waals surface area contributed by atoms with Crippen molar-refractivity contribution in [3.8, 4) is 0 Å². The summed E-state index contributed by atoms with van der Waals surface area (Å²) < 4.78 is 62.4. The van der Waals surface area contributed by atoms with E-state index in [0.717, 1.165) is 42.0 Å². The number of hydrogen-bond donors (Lipinski definition) is 1. The molecule has 1 aliphatic rings. The lowest BCUT2D eigenvalue weighted by molar-refractivity contribution is -0.137. The number of halogens is 3. The average molecular weight is 546 g/mol. The largest absolute Gasteiger partial charge is 0.416 e. The number of nitrogens with one attached hydrogen (secondary N) is 1. The Balaban J connectivity index is 1.31. The zero-order valence-corrected chi connectivity index (χ0v) is 22.0. The minimum Gasteiger partial charge on any atom is -0.370 e. The van der Waals surface area contributed by atoms with E-state index < -0.39 is 21.6 Å². The fraction of sp³-hybridized carbons (Fsp3) is 0.321. The molecule has 10 heteroatoms. The molecule has 1 N–H and O–H groups in total. The quantitative estimate of drug-likeness (QED) is 0.424. The molecule has 1 heterocycles. The van der Waals surface area contributed by atoms with Crippen LogP contribution in [0.5, 0.6) is 0 Å². The number of carbonyl (C=O) groups is 1. The van der Waals surface area contributed by atoms with Crippen molar-refractivity contribution in [2.45, 2.75) is 37.0 Å². The predicted octanol–water partition coefficient (Wildman–Crippen LogP) is 5.14. The normalized spacial score (nSPS) is 15.9. The van der Waals surface area contributed by atoms with Crippen molar-refractivity contribution in [2.75, 3.05) is 35.7 Å². The second kappa shape index (κ2) is 11.1. The Bertz CT molecular complexity index is 1360. The van der Waals surface area contributed by atoms with Gasteiger partial charge in [-0.25, -0.2) is 8.42 Å². The van der Waals surface area contributed by atoms with Crippen molar-refractivity contribution < 1.29 is 26.4 Å². The van der Waals surface area contributed by atoms with Crippen LogP contribution in [-0.2, 0) is 22.6 Å². The summed E-state index contributed by atoms with van der Waals surface area (Å²) in [5, 5.41) is 2.85. The molecule has 6 nitrogen and oxygen atoms in total. The predicted molar refractivity (Wildman–Crippen MR) is 142 cm³/mol. The molecule has 3 aromatic carbocycles. The Morgan fingerprint density at radius 1 is 1.00 bits per heavy atom. The molecule has 0 radical (unpaired) electrons. The number of benzene rings is 3. The van der Waals surface area contributed by atoms with Gasteiger partial charge in [0.2, 0.25) is 0 Å². The first-order chi connectivity index (χ1) is 18.0. The topological polar surface area (TPSA) is 69.7 Å². The Labute approximate surface area is 221 Å². The first kappa shape index (κ1) is 27.5. The summed E-state index contributed by atoms with van der Waals surface area (Å²) in [6.07, 6.45) is -3.49. The summed E-state index contributed by atoms with van der Waals surface area (Å²) in [5.41, 5.74) is 2.35. The lowest BCUT2D eigenvalue weighted by Crippen LogP contribution is -2.34. The summed E-state index contributed by atoms with van der Waals surface area (Å²) in [5.74, 6) is -0.198. The molecule has 0 aromatic heterocycles. The molecular weight excluding hydrogens is 515 g/mol. The van der Waals surface area contributed by atoms with E-state index in [0.29, 0.717) is 12.1 Å². The molecule has 4 rings (SSSR count). The highest BCUT2D eigenvalue weighted by Crippen LogP contribution is 2.32. The molecular formula is C28H30F3N3O3S. The third kappa shape index (κ3) is 6.30. The Kier molecular flexibility index (Phi) is 8.01. The van der Waals surface area contributed by atoms with Crippen molar-refractivity contribution in [2.24, 2.45) is 0 Å². The van der Waals surface area contributed by atoms with Crippen LogP contribution < -0.4 is 15.1 Å². The van der Waals surface area contributed by atoms with E-state index in [1.165, 1.54) is 12.1 Å². The SMILES string of the molecule is CCS(=O)(=O)c1ccc(CNC(=O)c2ccc(N3CCC(N(C)c4ccc(C(F)(F)F)cc4)C3)cc2)cc1. The van der Waals surface area contributed by atoms with Crippen LogP contribution in [0, 0.1) is 0 Å². The van der Waals surface area contributed by atoms with E-state index in [1.54, 1.807) is 43.3 Å². The molecule has 202 valence electrons. The number of sulfone groups is 1. The molecule has 1 aliphatic heterocycles. The Morgan fingerprint density at radius 2 is 1.63 bits per heavy atom. The third-order valence-electron chi connectivity index (χ3n) is 6.92. The van der Waals surface area contributed by atoms with E-state index >= 15 is 0 Å². The van der Waals surface area contributed by atoms with Gasteiger partial charge in [-0.3, -0.25) is 4.79 Å².